The number of nitriles is 1. The highest BCUT2D eigenvalue weighted by Gasteiger charge is 2.05. The summed E-state index contributed by atoms with van der Waals surface area (Å²) in [6, 6.07) is 4.06. The summed E-state index contributed by atoms with van der Waals surface area (Å²) in [6.45, 7) is 6.13. The molecule has 58 valence electrons. The third-order valence-electron chi connectivity index (χ3n) is 1.78. The van der Waals surface area contributed by atoms with Crippen molar-refractivity contribution in [3.05, 3.63) is 23.0 Å². The third-order valence-corrected chi connectivity index (χ3v) is 1.78. The molecule has 0 fully saturated rings. The summed E-state index contributed by atoms with van der Waals surface area (Å²) < 4.78 is 0. The van der Waals surface area contributed by atoms with Crippen molar-refractivity contribution in [3.8, 4) is 6.07 Å². The Morgan fingerprint density at radius 1 is 1.55 bits per heavy atom. The van der Waals surface area contributed by atoms with Crippen molar-refractivity contribution < 1.29 is 0 Å². The second kappa shape index (κ2) is 2.79. The number of H-pyrrole nitrogens is 1. The first kappa shape index (κ1) is 7.87. The molecule has 0 amide bonds. The van der Waals surface area contributed by atoms with Gasteiger partial charge in [0.15, 0.2) is 0 Å². The van der Waals surface area contributed by atoms with Gasteiger partial charge in [0.25, 0.3) is 0 Å². The molecule has 2 heteroatoms. The summed E-state index contributed by atoms with van der Waals surface area (Å²) in [6.07, 6.45) is 0. The molecule has 0 bridgehead atoms. The molecule has 1 rings (SSSR count). The lowest BCUT2D eigenvalue weighted by Crippen LogP contribution is -1.85. The topological polar surface area (TPSA) is 39.6 Å². The van der Waals surface area contributed by atoms with E-state index in [9.17, 15) is 0 Å². The summed E-state index contributed by atoms with van der Waals surface area (Å²) in [5.74, 6) is 0.468. The number of aromatic amines is 1. The van der Waals surface area contributed by atoms with Crippen LogP contribution in [0.5, 0.6) is 0 Å². The molecule has 1 heterocycles. The molecule has 0 aromatic carbocycles. The fourth-order valence-corrected chi connectivity index (χ4v) is 1.01. The summed E-state index contributed by atoms with van der Waals surface area (Å²) >= 11 is 0. The Bertz CT molecular complexity index is 289. The van der Waals surface area contributed by atoms with Crippen LogP contribution in [0.2, 0.25) is 0 Å². The quantitative estimate of drug-likeness (QED) is 0.652. The van der Waals surface area contributed by atoms with Crippen molar-refractivity contribution in [2.24, 2.45) is 0 Å². The standard InChI is InChI=1S/C9H12N2/c1-6(2)9-4-8(5-10)7(3)11-9/h4,6,11H,1-3H3. The Labute approximate surface area is 66.9 Å². The zero-order chi connectivity index (χ0) is 8.43. The molecule has 11 heavy (non-hydrogen) atoms. The molecule has 0 atom stereocenters. The molecule has 0 aliphatic carbocycles. The van der Waals surface area contributed by atoms with Gasteiger partial charge in [-0.25, -0.2) is 0 Å². The first-order valence-corrected chi connectivity index (χ1v) is 3.74. The lowest BCUT2D eigenvalue weighted by molar-refractivity contribution is 0.829. The molecule has 1 N–H and O–H groups in total. The molecular formula is C9H12N2. The highest BCUT2D eigenvalue weighted by atomic mass is 14.7. The summed E-state index contributed by atoms with van der Waals surface area (Å²) in [5, 5.41) is 8.64. The lowest BCUT2D eigenvalue weighted by Gasteiger charge is -1.97. The van der Waals surface area contributed by atoms with Crippen LogP contribution < -0.4 is 0 Å². The van der Waals surface area contributed by atoms with Crippen molar-refractivity contribution in [3.63, 3.8) is 0 Å². The Balaban J connectivity index is 3.07. The van der Waals surface area contributed by atoms with Crippen molar-refractivity contribution >= 4 is 0 Å². The molecule has 0 unspecified atom stereocenters. The number of nitrogens with zero attached hydrogens (tertiary/aromatic N) is 1. The Morgan fingerprint density at radius 3 is 2.45 bits per heavy atom. The largest absolute Gasteiger partial charge is 0.361 e. The number of nitrogens with one attached hydrogen (secondary N) is 1. The van der Waals surface area contributed by atoms with Crippen molar-refractivity contribution in [2.45, 2.75) is 26.7 Å². The van der Waals surface area contributed by atoms with Crippen LogP contribution in [0.1, 0.15) is 36.7 Å². The van der Waals surface area contributed by atoms with Gasteiger partial charge in [-0.15, -0.1) is 0 Å². The van der Waals surface area contributed by atoms with Gasteiger partial charge in [0, 0.05) is 11.4 Å². The fraction of sp³-hybridized carbons (Fsp3) is 0.444. The Morgan fingerprint density at radius 2 is 2.18 bits per heavy atom. The molecule has 0 aliphatic rings. The Hall–Kier alpha value is -1.23. The third kappa shape index (κ3) is 1.43. The average molecular weight is 148 g/mol. The Kier molecular flexibility index (Phi) is 2.00. The predicted octanol–water partition coefficient (Wildman–Crippen LogP) is 2.32. The van der Waals surface area contributed by atoms with Crippen LogP contribution >= 0.6 is 0 Å². The van der Waals surface area contributed by atoms with Gasteiger partial charge in [-0.05, 0) is 18.9 Å². The highest BCUT2D eigenvalue weighted by Crippen LogP contribution is 2.16. The number of hydrogen-bond donors (Lipinski definition) is 1. The van der Waals surface area contributed by atoms with E-state index < -0.39 is 0 Å². The van der Waals surface area contributed by atoms with E-state index in [2.05, 4.69) is 24.9 Å². The maximum Gasteiger partial charge on any atom is 0.101 e. The fourth-order valence-electron chi connectivity index (χ4n) is 1.01. The molecule has 0 saturated carbocycles. The second-order valence-corrected chi connectivity index (χ2v) is 3.03. The van der Waals surface area contributed by atoms with Crippen LogP contribution in [0.25, 0.3) is 0 Å². The lowest BCUT2D eigenvalue weighted by atomic mass is 10.1. The first-order chi connectivity index (χ1) is 5.15. The normalized spacial score (nSPS) is 10.1. The van der Waals surface area contributed by atoms with Crippen LogP contribution in [-0.4, -0.2) is 4.98 Å². The predicted molar refractivity (Wildman–Crippen MR) is 44.3 cm³/mol. The number of aryl methyl sites for hydroxylation is 1. The summed E-state index contributed by atoms with van der Waals surface area (Å²) in [4.78, 5) is 3.17. The van der Waals surface area contributed by atoms with Crippen LogP contribution in [0, 0.1) is 18.3 Å². The van der Waals surface area contributed by atoms with Gasteiger partial charge in [0.05, 0.1) is 5.56 Å². The van der Waals surface area contributed by atoms with E-state index in [4.69, 9.17) is 5.26 Å². The van der Waals surface area contributed by atoms with Gasteiger partial charge >= 0.3 is 0 Å². The smallest absolute Gasteiger partial charge is 0.101 e. The molecule has 0 aliphatic heterocycles. The minimum atomic E-state index is 0.468. The number of rotatable bonds is 1. The maximum absolute atomic E-state index is 8.64. The number of hydrogen-bond acceptors (Lipinski definition) is 1. The summed E-state index contributed by atoms with van der Waals surface area (Å²) in [5.41, 5.74) is 2.86. The molecule has 0 radical (unpaired) electrons. The van der Waals surface area contributed by atoms with Crippen molar-refractivity contribution in [1.82, 2.24) is 4.98 Å². The molecular weight excluding hydrogens is 136 g/mol. The summed E-state index contributed by atoms with van der Waals surface area (Å²) in [7, 11) is 0. The van der Waals surface area contributed by atoms with Gasteiger partial charge in [-0.1, -0.05) is 13.8 Å². The van der Waals surface area contributed by atoms with E-state index in [1.165, 1.54) is 0 Å². The van der Waals surface area contributed by atoms with E-state index in [1.807, 2.05) is 13.0 Å². The van der Waals surface area contributed by atoms with E-state index >= 15 is 0 Å². The van der Waals surface area contributed by atoms with Crippen LogP contribution in [0.3, 0.4) is 0 Å². The molecule has 0 spiro atoms. The van der Waals surface area contributed by atoms with Gasteiger partial charge in [0.1, 0.15) is 6.07 Å². The van der Waals surface area contributed by atoms with E-state index in [0.29, 0.717) is 5.92 Å². The van der Waals surface area contributed by atoms with Gasteiger partial charge < -0.3 is 4.98 Å². The average Bonchev–Trinajstić information content (AvgIpc) is 2.31. The monoisotopic (exact) mass is 148 g/mol. The first-order valence-electron chi connectivity index (χ1n) is 3.74. The van der Waals surface area contributed by atoms with Crippen molar-refractivity contribution in [2.75, 3.05) is 0 Å². The van der Waals surface area contributed by atoms with Gasteiger partial charge in [0.2, 0.25) is 0 Å². The van der Waals surface area contributed by atoms with E-state index in [-0.39, 0.29) is 0 Å². The van der Waals surface area contributed by atoms with Crippen LogP contribution in [-0.2, 0) is 0 Å². The maximum atomic E-state index is 8.64. The minimum Gasteiger partial charge on any atom is -0.361 e. The molecule has 1 aromatic heterocycles. The molecule has 2 nitrogen and oxygen atoms in total. The molecule has 1 aromatic rings. The zero-order valence-electron chi connectivity index (χ0n) is 7.10. The SMILES string of the molecule is Cc1[nH]c(C(C)C)cc1C#N. The van der Waals surface area contributed by atoms with Gasteiger partial charge in [-0.3, -0.25) is 0 Å². The van der Waals surface area contributed by atoms with Crippen LogP contribution in [0.15, 0.2) is 6.07 Å². The highest BCUT2D eigenvalue weighted by molar-refractivity contribution is 5.36. The molecule has 0 saturated heterocycles. The van der Waals surface area contributed by atoms with E-state index in [0.717, 1.165) is 17.0 Å². The van der Waals surface area contributed by atoms with E-state index in [1.54, 1.807) is 0 Å². The number of aromatic nitrogens is 1. The zero-order valence-corrected chi connectivity index (χ0v) is 7.10. The minimum absolute atomic E-state index is 0.468. The van der Waals surface area contributed by atoms with Gasteiger partial charge in [-0.2, -0.15) is 5.26 Å². The second-order valence-electron chi connectivity index (χ2n) is 3.03. The van der Waals surface area contributed by atoms with Crippen molar-refractivity contribution in [1.29, 1.82) is 5.26 Å². The van der Waals surface area contributed by atoms with Crippen LogP contribution in [0.4, 0.5) is 0 Å².